The maximum absolute atomic E-state index is 12.6. The van der Waals surface area contributed by atoms with E-state index in [1.54, 1.807) is 0 Å². The third kappa shape index (κ3) is 8.21. The van der Waals surface area contributed by atoms with Gasteiger partial charge in [-0.15, -0.1) is 0 Å². The first-order valence-electron chi connectivity index (χ1n) is 23.6. The van der Waals surface area contributed by atoms with Crippen molar-refractivity contribution in [2.45, 2.75) is 91.9 Å². The average Bonchev–Trinajstić information content (AvgIpc) is 3.92. The normalized spacial score (nSPS) is 12.4. The van der Waals surface area contributed by atoms with Crippen LogP contribution in [0.15, 0.2) is 156 Å². The number of phenolic OH excluding ortho intramolecular Hbond substituents is 1. The predicted molar refractivity (Wildman–Crippen MR) is 284 cm³/mol. The van der Waals surface area contributed by atoms with E-state index < -0.39 is 20.4 Å². The number of benzene rings is 7. The van der Waals surface area contributed by atoms with Crippen LogP contribution in [0.3, 0.4) is 0 Å². The Kier molecular flexibility index (Phi) is 11.4. The minimum absolute atomic E-state index is 0.140. The summed E-state index contributed by atoms with van der Waals surface area (Å²) >= 11 is -1.23. The van der Waals surface area contributed by atoms with E-state index in [2.05, 4.69) is 203 Å². The second-order valence-electron chi connectivity index (χ2n) is 20.8. The number of hydrogen-bond acceptors (Lipinski definition) is 4. The van der Waals surface area contributed by atoms with E-state index in [0.29, 0.717) is 5.58 Å². The SMILES string of the molecule is CC(C)c1cc(-c2ccccc2)cc(C(C)C)c1-c1ccc(-c2cc(-c3cc(-c4ccccc4)ccn3)cc(C(C)(C)C)c2)c2nc(-c3c(O)c(C(C)(C)C)cc4c3oc3ccccc34)[te]c12. The molecule has 4 nitrogen and oxygen atoms in total. The summed E-state index contributed by atoms with van der Waals surface area (Å²) in [6.45, 7) is 22.6. The number of para-hydroxylation sites is 1. The zero-order chi connectivity index (χ0) is 46.9. The second-order valence-corrected chi connectivity index (χ2v) is 23.6. The Labute approximate surface area is 405 Å². The first kappa shape index (κ1) is 44.6. The fourth-order valence-electron chi connectivity index (χ4n) is 9.63. The van der Waals surface area contributed by atoms with Crippen LogP contribution < -0.4 is 0 Å². The fraction of sp³-hybridized carbons (Fsp3) is 0.226. The van der Waals surface area contributed by atoms with Gasteiger partial charge in [0.15, 0.2) is 0 Å². The topological polar surface area (TPSA) is 59.2 Å². The third-order valence-electron chi connectivity index (χ3n) is 13.3. The number of rotatable bonds is 8. The molecular formula is C62H58N2O2Te. The van der Waals surface area contributed by atoms with Gasteiger partial charge in [0.1, 0.15) is 0 Å². The van der Waals surface area contributed by atoms with Crippen LogP contribution in [0, 0.1) is 0 Å². The zero-order valence-corrected chi connectivity index (χ0v) is 42.6. The predicted octanol–water partition coefficient (Wildman–Crippen LogP) is 17.1. The van der Waals surface area contributed by atoms with Gasteiger partial charge in [-0.05, 0) is 0 Å². The molecule has 10 rings (SSSR count). The van der Waals surface area contributed by atoms with Crippen molar-refractivity contribution in [1.29, 1.82) is 0 Å². The van der Waals surface area contributed by atoms with Crippen molar-refractivity contribution in [3.63, 3.8) is 0 Å². The Balaban J connectivity index is 1.29. The second kappa shape index (κ2) is 17.1. The summed E-state index contributed by atoms with van der Waals surface area (Å²) in [5.74, 6) is 0.793. The number of aromatic nitrogens is 2. The van der Waals surface area contributed by atoms with Crippen LogP contribution in [-0.2, 0) is 10.8 Å². The first-order chi connectivity index (χ1) is 32.0. The Morgan fingerprint density at radius 2 is 1.15 bits per heavy atom. The van der Waals surface area contributed by atoms with Crippen molar-refractivity contribution < 1.29 is 9.52 Å². The molecule has 0 amide bonds. The molecular weight excluding hydrogens is 932 g/mol. The molecule has 0 bridgehead atoms. The van der Waals surface area contributed by atoms with E-state index in [4.69, 9.17) is 14.4 Å². The van der Waals surface area contributed by atoms with Crippen LogP contribution in [0.4, 0.5) is 0 Å². The van der Waals surface area contributed by atoms with Crippen LogP contribution in [0.5, 0.6) is 5.75 Å². The van der Waals surface area contributed by atoms with Crippen molar-refractivity contribution >= 4 is 51.3 Å². The molecule has 7 aromatic carbocycles. The molecule has 3 heterocycles. The number of aromatic hydroxyl groups is 1. The summed E-state index contributed by atoms with van der Waals surface area (Å²) in [7, 11) is 0. The number of phenols is 1. The number of nitrogens with zero attached hydrogens (tertiary/aromatic N) is 2. The number of hydrogen-bond donors (Lipinski definition) is 1. The van der Waals surface area contributed by atoms with Crippen LogP contribution in [0.25, 0.3) is 95.9 Å². The van der Waals surface area contributed by atoms with Gasteiger partial charge in [0.05, 0.1) is 0 Å². The molecule has 0 aliphatic rings. The maximum atomic E-state index is 12.6. The Morgan fingerprint density at radius 1 is 0.537 bits per heavy atom. The van der Waals surface area contributed by atoms with E-state index in [9.17, 15) is 5.11 Å². The monoisotopic (exact) mass is 992 g/mol. The Bertz CT molecular complexity index is 3460. The molecule has 0 radical (unpaired) electrons. The van der Waals surface area contributed by atoms with E-state index in [0.717, 1.165) is 70.2 Å². The Morgan fingerprint density at radius 3 is 1.79 bits per heavy atom. The third-order valence-corrected chi connectivity index (χ3v) is 16.5. The first-order valence-corrected chi connectivity index (χ1v) is 25.9. The summed E-state index contributed by atoms with van der Waals surface area (Å²) in [5, 5.41) is 14.6. The standard InChI is InChI=1S/C62H58N2O2Te/c1-36(2)48-32-41(39-21-15-12-16-22-39)33-49(37(3)4)54(48)47-26-25-45(42-29-43(31-44(30-42)61(5,6)7)52-34-40(27-28-63-52)38-19-13-11-14-20-38)56-59(47)67-60(64-56)55-57(65)51(62(8,9)10)35-50-46-23-17-18-24-53(46)66-58(50)55/h11-37,65H,1-10H3. The van der Waals surface area contributed by atoms with E-state index >= 15 is 0 Å². The Hall–Kier alpha value is -6.25. The summed E-state index contributed by atoms with van der Waals surface area (Å²) in [6, 6.07) is 52.5. The molecule has 0 saturated carbocycles. The number of fused-ring (bicyclic) bond motifs is 4. The number of pyridine rings is 1. The van der Waals surface area contributed by atoms with Crippen LogP contribution >= 0.6 is 0 Å². The molecule has 334 valence electrons. The van der Waals surface area contributed by atoms with E-state index in [1.807, 2.05) is 18.3 Å². The van der Waals surface area contributed by atoms with Gasteiger partial charge >= 0.3 is 401 Å². The molecule has 67 heavy (non-hydrogen) atoms. The van der Waals surface area contributed by atoms with Gasteiger partial charge in [-0.1, -0.05) is 6.07 Å². The van der Waals surface area contributed by atoms with Crippen LogP contribution in [0.1, 0.15) is 103 Å². The quantitative estimate of drug-likeness (QED) is 0.154. The molecule has 1 N–H and O–H groups in total. The van der Waals surface area contributed by atoms with Gasteiger partial charge in [0.2, 0.25) is 0 Å². The van der Waals surface area contributed by atoms with Crippen molar-refractivity contribution in [3.05, 3.63) is 174 Å². The number of furan rings is 1. The van der Waals surface area contributed by atoms with Gasteiger partial charge in [-0.3, -0.25) is 0 Å². The van der Waals surface area contributed by atoms with Crippen molar-refractivity contribution in [3.8, 4) is 70.8 Å². The zero-order valence-electron chi connectivity index (χ0n) is 40.2. The molecule has 0 aliphatic heterocycles. The molecule has 3 aromatic heterocycles. The van der Waals surface area contributed by atoms with Crippen molar-refractivity contribution in [1.82, 2.24) is 9.97 Å². The van der Waals surface area contributed by atoms with E-state index in [1.165, 1.54) is 42.3 Å². The average molecular weight is 991 g/mol. The van der Waals surface area contributed by atoms with Crippen LogP contribution in [0.2, 0.25) is 0 Å². The molecule has 10 aromatic rings. The molecule has 0 unspecified atom stereocenters. The summed E-state index contributed by atoms with van der Waals surface area (Å²) in [5.41, 5.74) is 19.0. The molecule has 0 fully saturated rings. The van der Waals surface area contributed by atoms with Crippen molar-refractivity contribution in [2.24, 2.45) is 0 Å². The molecule has 0 spiro atoms. The fourth-order valence-corrected chi connectivity index (χ4v) is 12.9. The van der Waals surface area contributed by atoms with Crippen LogP contribution in [-0.4, -0.2) is 35.5 Å². The van der Waals surface area contributed by atoms with Gasteiger partial charge in [0.25, 0.3) is 0 Å². The van der Waals surface area contributed by atoms with E-state index in [-0.39, 0.29) is 28.4 Å². The summed E-state index contributed by atoms with van der Waals surface area (Å²) in [6.07, 6.45) is 1.92. The minimum atomic E-state index is -1.23. The summed E-state index contributed by atoms with van der Waals surface area (Å²) in [4.78, 5) is 10.8. The molecule has 0 atom stereocenters. The van der Waals surface area contributed by atoms with Gasteiger partial charge in [-0.25, -0.2) is 0 Å². The van der Waals surface area contributed by atoms with Gasteiger partial charge in [-0.2, -0.15) is 0 Å². The van der Waals surface area contributed by atoms with Gasteiger partial charge < -0.3 is 0 Å². The summed E-state index contributed by atoms with van der Waals surface area (Å²) < 4.78 is 8.98. The molecule has 0 aliphatic carbocycles. The molecule has 5 heteroatoms. The molecule has 0 saturated heterocycles. The van der Waals surface area contributed by atoms with Gasteiger partial charge in [0, 0.05) is 0 Å². The van der Waals surface area contributed by atoms with Crippen molar-refractivity contribution in [2.75, 3.05) is 0 Å².